The highest BCUT2D eigenvalue weighted by Crippen LogP contribution is 2.17. The molecule has 112 valence electrons. The number of aryl methyl sites for hydroxylation is 1. The van der Waals surface area contributed by atoms with Crippen LogP contribution in [0, 0.1) is 13.8 Å². The van der Waals surface area contributed by atoms with Gasteiger partial charge in [0, 0.05) is 30.2 Å². The molecule has 0 aliphatic carbocycles. The van der Waals surface area contributed by atoms with Crippen LogP contribution in [0.2, 0.25) is 0 Å². The van der Waals surface area contributed by atoms with Crippen LogP contribution >= 0.6 is 0 Å². The smallest absolute Gasteiger partial charge is 0.221 e. The SMILES string of the molecule is CCn1c(C)cc(CNc2ccc(CC(N)=O)cc2)c1C. The van der Waals surface area contributed by atoms with Crippen LogP contribution in [0.5, 0.6) is 0 Å². The summed E-state index contributed by atoms with van der Waals surface area (Å²) in [6.45, 7) is 8.26. The van der Waals surface area contributed by atoms with E-state index in [1.54, 1.807) is 0 Å². The van der Waals surface area contributed by atoms with E-state index in [9.17, 15) is 4.79 Å². The molecule has 0 unspecified atom stereocenters. The second-order valence-corrected chi connectivity index (χ2v) is 5.33. The van der Waals surface area contributed by atoms with Crippen molar-refractivity contribution < 1.29 is 4.79 Å². The summed E-state index contributed by atoms with van der Waals surface area (Å²) in [4.78, 5) is 10.9. The van der Waals surface area contributed by atoms with Crippen LogP contribution in [0.25, 0.3) is 0 Å². The molecule has 0 spiro atoms. The van der Waals surface area contributed by atoms with E-state index in [1.807, 2.05) is 24.3 Å². The number of nitrogens with one attached hydrogen (secondary N) is 1. The summed E-state index contributed by atoms with van der Waals surface area (Å²) in [6.07, 6.45) is 0.290. The van der Waals surface area contributed by atoms with Crippen molar-refractivity contribution in [3.05, 3.63) is 52.8 Å². The molecule has 0 atom stereocenters. The van der Waals surface area contributed by atoms with Crippen molar-refractivity contribution in [3.63, 3.8) is 0 Å². The van der Waals surface area contributed by atoms with Gasteiger partial charge in [-0.2, -0.15) is 0 Å². The van der Waals surface area contributed by atoms with Crippen molar-refractivity contribution in [1.82, 2.24) is 4.57 Å². The number of nitrogens with zero attached hydrogens (tertiary/aromatic N) is 1. The first kappa shape index (κ1) is 15.2. The molecule has 0 radical (unpaired) electrons. The predicted molar refractivity (Wildman–Crippen MR) is 86.2 cm³/mol. The third-order valence-corrected chi connectivity index (χ3v) is 3.81. The Hall–Kier alpha value is -2.23. The molecule has 1 aromatic heterocycles. The highest BCUT2D eigenvalue weighted by Gasteiger charge is 2.07. The highest BCUT2D eigenvalue weighted by molar-refractivity contribution is 5.76. The fourth-order valence-electron chi connectivity index (χ4n) is 2.68. The first-order valence-corrected chi connectivity index (χ1v) is 7.28. The monoisotopic (exact) mass is 285 g/mol. The van der Waals surface area contributed by atoms with Gasteiger partial charge in [-0.15, -0.1) is 0 Å². The number of amides is 1. The summed E-state index contributed by atoms with van der Waals surface area (Å²) in [7, 11) is 0. The van der Waals surface area contributed by atoms with Crippen molar-refractivity contribution >= 4 is 11.6 Å². The predicted octanol–water partition coefficient (Wildman–Crippen LogP) is 2.76. The molecule has 4 heteroatoms. The van der Waals surface area contributed by atoms with Crippen molar-refractivity contribution in [2.24, 2.45) is 5.73 Å². The molecule has 2 aromatic rings. The summed E-state index contributed by atoms with van der Waals surface area (Å²) >= 11 is 0. The minimum Gasteiger partial charge on any atom is -0.381 e. The molecular weight excluding hydrogens is 262 g/mol. The lowest BCUT2D eigenvalue weighted by atomic mass is 10.1. The van der Waals surface area contributed by atoms with E-state index in [-0.39, 0.29) is 12.3 Å². The van der Waals surface area contributed by atoms with Gasteiger partial charge in [0.2, 0.25) is 5.91 Å². The van der Waals surface area contributed by atoms with Gasteiger partial charge in [0.15, 0.2) is 0 Å². The van der Waals surface area contributed by atoms with Gasteiger partial charge < -0.3 is 15.6 Å². The summed E-state index contributed by atoms with van der Waals surface area (Å²) in [5.74, 6) is -0.303. The van der Waals surface area contributed by atoms with Crippen LogP contribution in [-0.4, -0.2) is 10.5 Å². The number of carbonyl (C=O) groups excluding carboxylic acids is 1. The Morgan fingerprint density at radius 2 is 1.90 bits per heavy atom. The zero-order chi connectivity index (χ0) is 15.4. The topological polar surface area (TPSA) is 60.1 Å². The average molecular weight is 285 g/mol. The molecule has 0 fully saturated rings. The summed E-state index contributed by atoms with van der Waals surface area (Å²) < 4.78 is 2.31. The van der Waals surface area contributed by atoms with Gasteiger partial charge in [0.05, 0.1) is 6.42 Å². The highest BCUT2D eigenvalue weighted by atomic mass is 16.1. The van der Waals surface area contributed by atoms with Crippen LogP contribution in [-0.2, 0) is 24.3 Å². The normalized spacial score (nSPS) is 10.6. The zero-order valence-corrected chi connectivity index (χ0v) is 12.9. The number of rotatable bonds is 6. The molecule has 0 saturated carbocycles. The largest absolute Gasteiger partial charge is 0.381 e. The Morgan fingerprint density at radius 3 is 2.43 bits per heavy atom. The Kier molecular flexibility index (Phi) is 4.68. The molecule has 0 bridgehead atoms. The Bertz CT molecular complexity index is 626. The molecule has 3 N–H and O–H groups in total. The second-order valence-electron chi connectivity index (χ2n) is 5.33. The molecule has 4 nitrogen and oxygen atoms in total. The van der Waals surface area contributed by atoms with E-state index in [0.717, 1.165) is 24.3 Å². The molecule has 1 heterocycles. The standard InChI is InChI=1S/C17H23N3O/c1-4-20-12(2)9-15(13(20)3)11-19-16-7-5-14(6-8-16)10-17(18)21/h5-9,19H,4,10-11H2,1-3H3,(H2,18,21). The number of carbonyl (C=O) groups is 1. The lowest BCUT2D eigenvalue weighted by molar-refractivity contribution is -0.117. The van der Waals surface area contributed by atoms with Gasteiger partial charge in [-0.3, -0.25) is 4.79 Å². The average Bonchev–Trinajstić information content (AvgIpc) is 2.71. The van der Waals surface area contributed by atoms with Crippen molar-refractivity contribution in [1.29, 1.82) is 0 Å². The second kappa shape index (κ2) is 6.48. The van der Waals surface area contributed by atoms with Crippen LogP contribution < -0.4 is 11.1 Å². The number of nitrogens with two attached hydrogens (primary N) is 1. The zero-order valence-electron chi connectivity index (χ0n) is 12.9. The van der Waals surface area contributed by atoms with Gasteiger partial charge in [0.1, 0.15) is 0 Å². The number of benzene rings is 1. The van der Waals surface area contributed by atoms with Crippen LogP contribution in [0.15, 0.2) is 30.3 Å². The van der Waals surface area contributed by atoms with Crippen LogP contribution in [0.3, 0.4) is 0 Å². The molecule has 0 aliphatic rings. The first-order chi connectivity index (χ1) is 10.0. The van der Waals surface area contributed by atoms with E-state index >= 15 is 0 Å². The Balaban J connectivity index is 2.01. The van der Waals surface area contributed by atoms with Gasteiger partial charge in [-0.1, -0.05) is 12.1 Å². The van der Waals surface area contributed by atoms with E-state index in [2.05, 4.69) is 36.7 Å². The van der Waals surface area contributed by atoms with Crippen molar-refractivity contribution in [2.75, 3.05) is 5.32 Å². The first-order valence-electron chi connectivity index (χ1n) is 7.28. The minimum atomic E-state index is -0.303. The molecule has 0 aliphatic heterocycles. The molecule has 2 rings (SSSR count). The number of primary amides is 1. The number of aromatic nitrogens is 1. The molecule has 21 heavy (non-hydrogen) atoms. The molecule has 1 amide bonds. The Morgan fingerprint density at radius 1 is 1.24 bits per heavy atom. The number of hydrogen-bond donors (Lipinski definition) is 2. The maximum absolute atomic E-state index is 10.9. The number of hydrogen-bond acceptors (Lipinski definition) is 2. The van der Waals surface area contributed by atoms with Gasteiger partial charge in [-0.25, -0.2) is 0 Å². The lowest BCUT2D eigenvalue weighted by Gasteiger charge is -2.09. The van der Waals surface area contributed by atoms with Crippen LogP contribution in [0.1, 0.15) is 29.4 Å². The quantitative estimate of drug-likeness (QED) is 0.857. The fraction of sp³-hybridized carbons (Fsp3) is 0.353. The van der Waals surface area contributed by atoms with E-state index in [1.165, 1.54) is 17.0 Å². The summed E-state index contributed by atoms with van der Waals surface area (Å²) in [5, 5.41) is 3.42. The van der Waals surface area contributed by atoms with Gasteiger partial charge in [0.25, 0.3) is 0 Å². The fourth-order valence-corrected chi connectivity index (χ4v) is 2.68. The van der Waals surface area contributed by atoms with Crippen LogP contribution in [0.4, 0.5) is 5.69 Å². The third kappa shape index (κ3) is 3.66. The summed E-state index contributed by atoms with van der Waals surface area (Å²) in [5.41, 5.74) is 11.1. The lowest BCUT2D eigenvalue weighted by Crippen LogP contribution is -2.13. The minimum absolute atomic E-state index is 0.290. The van der Waals surface area contributed by atoms with Crippen molar-refractivity contribution in [2.45, 2.75) is 40.3 Å². The summed E-state index contributed by atoms with van der Waals surface area (Å²) in [6, 6.07) is 10.1. The number of anilines is 1. The van der Waals surface area contributed by atoms with Gasteiger partial charge >= 0.3 is 0 Å². The third-order valence-electron chi connectivity index (χ3n) is 3.81. The van der Waals surface area contributed by atoms with Crippen molar-refractivity contribution in [3.8, 4) is 0 Å². The molecule has 1 aromatic carbocycles. The maximum Gasteiger partial charge on any atom is 0.221 e. The maximum atomic E-state index is 10.9. The molecule has 0 saturated heterocycles. The van der Waals surface area contributed by atoms with Gasteiger partial charge in [-0.05, 0) is 50.1 Å². The van der Waals surface area contributed by atoms with E-state index in [0.29, 0.717) is 0 Å². The Labute approximate surface area is 126 Å². The van der Waals surface area contributed by atoms with E-state index < -0.39 is 0 Å². The van der Waals surface area contributed by atoms with E-state index in [4.69, 9.17) is 5.73 Å². The molecular formula is C17H23N3O.